The van der Waals surface area contributed by atoms with Crippen molar-refractivity contribution >= 4 is 23.8 Å². The predicted octanol–water partition coefficient (Wildman–Crippen LogP) is 5.67. The van der Waals surface area contributed by atoms with Crippen molar-refractivity contribution in [2.75, 3.05) is 54.6 Å². The van der Waals surface area contributed by atoms with E-state index in [9.17, 15) is 0 Å². The van der Waals surface area contributed by atoms with Crippen LogP contribution in [0.1, 0.15) is 49.7 Å². The van der Waals surface area contributed by atoms with Crippen molar-refractivity contribution in [3.63, 3.8) is 0 Å². The average Bonchev–Trinajstić information content (AvgIpc) is 2.98. The molecule has 0 unspecified atom stereocenters. The molecule has 5 rings (SSSR count). The summed E-state index contributed by atoms with van der Waals surface area (Å²) in [6, 6.07) is 17.9. The van der Waals surface area contributed by atoms with E-state index in [0.717, 1.165) is 60.6 Å². The number of benzene rings is 2. The molecule has 0 atom stereocenters. The largest absolute Gasteiger partial charge is 0.490 e. The highest BCUT2D eigenvalue weighted by molar-refractivity contribution is 5.84. The van der Waals surface area contributed by atoms with Gasteiger partial charge in [0.1, 0.15) is 30.5 Å². The zero-order valence-corrected chi connectivity index (χ0v) is 22.3. The van der Waals surface area contributed by atoms with Gasteiger partial charge < -0.3 is 19.3 Å². The van der Waals surface area contributed by atoms with Crippen LogP contribution in [0.5, 0.6) is 11.5 Å². The Morgan fingerprint density at radius 2 is 1.42 bits per heavy atom. The Morgan fingerprint density at radius 3 is 2.16 bits per heavy atom. The number of nitrogens with one attached hydrogen (secondary N) is 1. The summed E-state index contributed by atoms with van der Waals surface area (Å²) in [5, 5.41) is 4.52. The molecule has 0 radical (unpaired) electrons. The van der Waals surface area contributed by atoms with Gasteiger partial charge in [-0.05, 0) is 69.2 Å². The standard InChI is InChI=1S/C30H38N6O2/c1-24-12-4-6-14-26(24)37-20-21-38-27-15-7-5-13-25(27)23-31-34-28-22-29(35-16-8-2-9-17-35)33-30(32-28)36-18-10-3-11-19-36/h4-7,12-15,22-23H,2-3,8-11,16-21H2,1H3,(H,32,33,34)/b31-23-. The summed E-state index contributed by atoms with van der Waals surface area (Å²) >= 11 is 0. The van der Waals surface area contributed by atoms with Crippen molar-refractivity contribution in [2.24, 2.45) is 5.10 Å². The Kier molecular flexibility index (Phi) is 8.92. The van der Waals surface area contributed by atoms with Crippen molar-refractivity contribution in [2.45, 2.75) is 45.4 Å². The van der Waals surface area contributed by atoms with Gasteiger partial charge in [0, 0.05) is 37.8 Å². The first-order valence-corrected chi connectivity index (χ1v) is 13.8. The van der Waals surface area contributed by atoms with Crippen molar-refractivity contribution < 1.29 is 9.47 Å². The first kappa shape index (κ1) is 25.8. The Bertz CT molecular complexity index is 1170. The summed E-state index contributed by atoms with van der Waals surface area (Å²) in [7, 11) is 0. The molecule has 3 heterocycles. The van der Waals surface area contributed by atoms with Crippen LogP contribution in [-0.2, 0) is 0 Å². The van der Waals surface area contributed by atoms with Gasteiger partial charge >= 0.3 is 0 Å². The second kappa shape index (κ2) is 13.1. The van der Waals surface area contributed by atoms with E-state index in [4.69, 9.17) is 19.4 Å². The lowest BCUT2D eigenvalue weighted by Crippen LogP contribution is -2.33. The smallest absolute Gasteiger partial charge is 0.229 e. The lowest BCUT2D eigenvalue weighted by Gasteiger charge is -2.31. The van der Waals surface area contributed by atoms with E-state index >= 15 is 0 Å². The molecular weight excluding hydrogens is 476 g/mol. The van der Waals surface area contributed by atoms with E-state index in [2.05, 4.69) is 20.3 Å². The summed E-state index contributed by atoms with van der Waals surface area (Å²) in [6.07, 6.45) is 9.12. The Morgan fingerprint density at radius 1 is 0.789 bits per heavy atom. The van der Waals surface area contributed by atoms with Gasteiger partial charge in [0.25, 0.3) is 0 Å². The molecule has 0 saturated carbocycles. The van der Waals surface area contributed by atoms with E-state index in [0.29, 0.717) is 19.0 Å². The SMILES string of the molecule is Cc1ccccc1OCCOc1ccccc1/C=N\Nc1cc(N2CCCCC2)nc(N2CCCCC2)n1. The quantitative estimate of drug-likeness (QED) is 0.212. The third-order valence-electron chi connectivity index (χ3n) is 7.01. The third kappa shape index (κ3) is 6.94. The highest BCUT2D eigenvalue weighted by atomic mass is 16.5. The molecule has 2 aliphatic rings. The van der Waals surface area contributed by atoms with Gasteiger partial charge in [-0.2, -0.15) is 15.1 Å². The predicted molar refractivity (Wildman–Crippen MR) is 154 cm³/mol. The number of piperidine rings is 2. The number of nitrogens with zero attached hydrogens (tertiary/aromatic N) is 5. The maximum absolute atomic E-state index is 6.02. The number of para-hydroxylation sites is 2. The van der Waals surface area contributed by atoms with Crippen LogP contribution in [0.3, 0.4) is 0 Å². The second-order valence-corrected chi connectivity index (χ2v) is 9.88. The number of hydrogen-bond donors (Lipinski definition) is 1. The van der Waals surface area contributed by atoms with Crippen molar-refractivity contribution in [1.82, 2.24) is 9.97 Å². The van der Waals surface area contributed by atoms with Gasteiger partial charge in [0.15, 0.2) is 5.82 Å². The number of ether oxygens (including phenoxy) is 2. The number of aryl methyl sites for hydroxylation is 1. The van der Waals surface area contributed by atoms with Gasteiger partial charge in [0.05, 0.1) is 6.21 Å². The van der Waals surface area contributed by atoms with Crippen molar-refractivity contribution in [3.8, 4) is 11.5 Å². The summed E-state index contributed by atoms with van der Waals surface area (Å²) in [6.45, 7) is 7.03. The molecule has 2 aromatic carbocycles. The fourth-order valence-electron chi connectivity index (χ4n) is 4.91. The van der Waals surface area contributed by atoms with Crippen LogP contribution in [0.2, 0.25) is 0 Å². The molecule has 0 bridgehead atoms. The third-order valence-corrected chi connectivity index (χ3v) is 7.01. The monoisotopic (exact) mass is 514 g/mol. The molecule has 2 fully saturated rings. The zero-order valence-electron chi connectivity index (χ0n) is 22.3. The van der Waals surface area contributed by atoms with Crippen LogP contribution in [0.4, 0.5) is 17.6 Å². The summed E-state index contributed by atoms with van der Waals surface area (Å²) < 4.78 is 11.9. The maximum Gasteiger partial charge on any atom is 0.229 e. The summed E-state index contributed by atoms with van der Waals surface area (Å²) in [4.78, 5) is 14.4. The van der Waals surface area contributed by atoms with Crippen LogP contribution in [0, 0.1) is 6.92 Å². The van der Waals surface area contributed by atoms with Crippen LogP contribution in [-0.4, -0.2) is 55.6 Å². The molecule has 0 amide bonds. The first-order valence-electron chi connectivity index (χ1n) is 13.8. The van der Waals surface area contributed by atoms with Gasteiger partial charge in [-0.1, -0.05) is 30.3 Å². The minimum absolute atomic E-state index is 0.441. The van der Waals surface area contributed by atoms with Crippen molar-refractivity contribution in [3.05, 3.63) is 65.7 Å². The zero-order chi connectivity index (χ0) is 26.0. The molecular formula is C30H38N6O2. The highest BCUT2D eigenvalue weighted by Crippen LogP contribution is 2.25. The molecule has 2 saturated heterocycles. The van der Waals surface area contributed by atoms with Crippen LogP contribution >= 0.6 is 0 Å². The second-order valence-electron chi connectivity index (χ2n) is 9.88. The molecule has 200 valence electrons. The fraction of sp³-hybridized carbons (Fsp3) is 0.433. The van der Waals surface area contributed by atoms with Crippen LogP contribution < -0.4 is 24.7 Å². The highest BCUT2D eigenvalue weighted by Gasteiger charge is 2.19. The van der Waals surface area contributed by atoms with E-state index in [1.54, 1.807) is 6.21 Å². The number of hydrazone groups is 1. The normalized spacial score (nSPS) is 16.0. The molecule has 38 heavy (non-hydrogen) atoms. The molecule has 1 aromatic heterocycles. The maximum atomic E-state index is 6.02. The Hall–Kier alpha value is -3.81. The summed E-state index contributed by atoms with van der Waals surface area (Å²) in [5.41, 5.74) is 5.16. The number of aromatic nitrogens is 2. The van der Waals surface area contributed by atoms with E-state index in [-0.39, 0.29) is 0 Å². The average molecular weight is 515 g/mol. The molecule has 1 N–H and O–H groups in total. The Labute approximate surface area is 225 Å². The lowest BCUT2D eigenvalue weighted by molar-refractivity contribution is 0.216. The number of hydrogen-bond acceptors (Lipinski definition) is 8. The first-order chi connectivity index (χ1) is 18.8. The Balaban J connectivity index is 1.24. The minimum Gasteiger partial charge on any atom is -0.490 e. The van der Waals surface area contributed by atoms with Gasteiger partial charge in [-0.15, -0.1) is 0 Å². The van der Waals surface area contributed by atoms with Crippen molar-refractivity contribution in [1.29, 1.82) is 0 Å². The number of rotatable bonds is 10. The number of anilines is 3. The minimum atomic E-state index is 0.441. The van der Waals surface area contributed by atoms with Gasteiger partial charge in [-0.3, -0.25) is 5.43 Å². The van der Waals surface area contributed by atoms with Crippen LogP contribution in [0.25, 0.3) is 0 Å². The van der Waals surface area contributed by atoms with Gasteiger partial charge in [0.2, 0.25) is 5.95 Å². The molecule has 3 aromatic rings. The lowest BCUT2D eigenvalue weighted by atomic mass is 10.1. The fourth-order valence-corrected chi connectivity index (χ4v) is 4.91. The van der Waals surface area contributed by atoms with E-state index < -0.39 is 0 Å². The molecule has 0 aliphatic carbocycles. The van der Waals surface area contributed by atoms with Gasteiger partial charge in [-0.25, -0.2) is 0 Å². The van der Waals surface area contributed by atoms with E-state index in [1.807, 2.05) is 61.5 Å². The summed E-state index contributed by atoms with van der Waals surface area (Å²) in [5.74, 6) is 4.13. The topological polar surface area (TPSA) is 75.1 Å². The van der Waals surface area contributed by atoms with E-state index in [1.165, 1.54) is 38.5 Å². The molecule has 8 nitrogen and oxygen atoms in total. The molecule has 2 aliphatic heterocycles. The van der Waals surface area contributed by atoms with Crippen LogP contribution in [0.15, 0.2) is 59.7 Å². The molecule has 8 heteroatoms. The molecule has 0 spiro atoms.